The van der Waals surface area contributed by atoms with Gasteiger partial charge in [-0.25, -0.2) is 9.67 Å². The van der Waals surface area contributed by atoms with Crippen LogP contribution in [0.1, 0.15) is 29.5 Å². The van der Waals surface area contributed by atoms with E-state index in [2.05, 4.69) is 32.1 Å². The Balaban J connectivity index is 1.41. The van der Waals surface area contributed by atoms with Gasteiger partial charge in [-0.2, -0.15) is 5.10 Å². The molecule has 9 heteroatoms. The largest absolute Gasteiger partial charge is 0.337 e. The van der Waals surface area contributed by atoms with Crippen LogP contribution in [-0.4, -0.2) is 71.4 Å². The van der Waals surface area contributed by atoms with E-state index in [1.54, 1.807) is 23.5 Å². The van der Waals surface area contributed by atoms with Crippen molar-refractivity contribution in [1.29, 1.82) is 0 Å². The van der Waals surface area contributed by atoms with Crippen molar-refractivity contribution in [3.63, 3.8) is 0 Å². The zero-order valence-electron chi connectivity index (χ0n) is 16.0. The van der Waals surface area contributed by atoms with Gasteiger partial charge in [-0.1, -0.05) is 6.07 Å². The van der Waals surface area contributed by atoms with Crippen molar-refractivity contribution in [1.82, 2.24) is 39.3 Å². The summed E-state index contributed by atoms with van der Waals surface area (Å²) in [5.41, 5.74) is 1.57. The molecule has 1 aliphatic rings. The third-order valence-electron chi connectivity index (χ3n) is 5.05. The monoisotopic (exact) mass is 380 g/mol. The van der Waals surface area contributed by atoms with Crippen LogP contribution >= 0.6 is 0 Å². The summed E-state index contributed by atoms with van der Waals surface area (Å²) in [5, 5.41) is 11.9. The molecular weight excluding hydrogens is 356 g/mol. The van der Waals surface area contributed by atoms with E-state index >= 15 is 0 Å². The SMILES string of the molecule is CCn1ncnc1CN1CCCN(C(=O)c2cccc(-n3cnnc3)c2)CC1. The van der Waals surface area contributed by atoms with Crippen LogP contribution in [0, 0.1) is 0 Å². The summed E-state index contributed by atoms with van der Waals surface area (Å²) >= 11 is 0. The molecule has 3 aromatic rings. The van der Waals surface area contributed by atoms with Crippen molar-refractivity contribution in [3.8, 4) is 5.69 Å². The maximum atomic E-state index is 13.0. The Morgan fingerprint density at radius 1 is 1.11 bits per heavy atom. The molecule has 146 valence electrons. The summed E-state index contributed by atoms with van der Waals surface area (Å²) in [6, 6.07) is 7.58. The van der Waals surface area contributed by atoms with Crippen LogP contribution < -0.4 is 0 Å². The Labute approximate surface area is 163 Å². The van der Waals surface area contributed by atoms with Crippen LogP contribution in [0.15, 0.2) is 43.2 Å². The molecule has 2 aromatic heterocycles. The number of amides is 1. The summed E-state index contributed by atoms with van der Waals surface area (Å²) in [5.74, 6) is 1.04. The highest BCUT2D eigenvalue weighted by Crippen LogP contribution is 2.14. The zero-order chi connectivity index (χ0) is 19.3. The minimum Gasteiger partial charge on any atom is -0.337 e. The second kappa shape index (κ2) is 8.30. The number of aromatic nitrogens is 6. The van der Waals surface area contributed by atoms with Crippen LogP contribution in [0.3, 0.4) is 0 Å². The van der Waals surface area contributed by atoms with Gasteiger partial charge in [-0.05, 0) is 31.5 Å². The van der Waals surface area contributed by atoms with Crippen molar-refractivity contribution in [2.24, 2.45) is 0 Å². The van der Waals surface area contributed by atoms with E-state index in [9.17, 15) is 4.79 Å². The van der Waals surface area contributed by atoms with Gasteiger partial charge < -0.3 is 4.90 Å². The predicted octanol–water partition coefficient (Wildman–Crippen LogP) is 1.23. The minimum atomic E-state index is 0.0634. The van der Waals surface area contributed by atoms with Crippen LogP contribution in [0.5, 0.6) is 0 Å². The van der Waals surface area contributed by atoms with Crippen molar-refractivity contribution >= 4 is 5.91 Å². The smallest absolute Gasteiger partial charge is 0.253 e. The summed E-state index contributed by atoms with van der Waals surface area (Å²) in [6.07, 6.45) is 5.80. The molecule has 1 aliphatic heterocycles. The highest BCUT2D eigenvalue weighted by atomic mass is 16.2. The van der Waals surface area contributed by atoms with Gasteiger partial charge in [-0.3, -0.25) is 14.3 Å². The van der Waals surface area contributed by atoms with Gasteiger partial charge in [0, 0.05) is 44.0 Å². The van der Waals surface area contributed by atoms with Gasteiger partial charge in [0.15, 0.2) is 0 Å². The number of nitrogens with zero attached hydrogens (tertiary/aromatic N) is 8. The molecule has 0 spiro atoms. The molecule has 0 unspecified atom stereocenters. The molecule has 3 heterocycles. The Bertz CT molecular complexity index is 920. The highest BCUT2D eigenvalue weighted by Gasteiger charge is 2.21. The molecule has 1 amide bonds. The number of hydrogen-bond donors (Lipinski definition) is 0. The fraction of sp³-hybridized carbons (Fsp3) is 0.421. The molecule has 4 rings (SSSR count). The summed E-state index contributed by atoms with van der Waals surface area (Å²) in [6.45, 7) is 6.88. The van der Waals surface area contributed by atoms with E-state index in [0.717, 1.165) is 50.7 Å². The quantitative estimate of drug-likeness (QED) is 0.662. The fourth-order valence-corrected chi connectivity index (χ4v) is 3.52. The van der Waals surface area contributed by atoms with Gasteiger partial charge in [0.2, 0.25) is 0 Å². The van der Waals surface area contributed by atoms with Gasteiger partial charge in [0.1, 0.15) is 24.8 Å². The lowest BCUT2D eigenvalue weighted by molar-refractivity contribution is 0.0761. The van der Waals surface area contributed by atoms with Crippen molar-refractivity contribution in [3.05, 3.63) is 54.6 Å². The van der Waals surface area contributed by atoms with Crippen molar-refractivity contribution in [2.75, 3.05) is 26.2 Å². The Morgan fingerprint density at radius 3 is 2.79 bits per heavy atom. The van der Waals surface area contributed by atoms with Gasteiger partial charge in [-0.15, -0.1) is 10.2 Å². The molecule has 0 bridgehead atoms. The minimum absolute atomic E-state index is 0.0634. The van der Waals surface area contributed by atoms with E-state index in [4.69, 9.17) is 0 Å². The lowest BCUT2D eigenvalue weighted by atomic mass is 10.1. The maximum Gasteiger partial charge on any atom is 0.253 e. The third-order valence-corrected chi connectivity index (χ3v) is 5.05. The first-order valence-electron chi connectivity index (χ1n) is 9.58. The van der Waals surface area contributed by atoms with Crippen molar-refractivity contribution in [2.45, 2.75) is 26.4 Å². The van der Waals surface area contributed by atoms with Crippen LogP contribution in [-0.2, 0) is 13.1 Å². The first kappa shape index (κ1) is 18.3. The maximum absolute atomic E-state index is 13.0. The van der Waals surface area contributed by atoms with Gasteiger partial charge >= 0.3 is 0 Å². The highest BCUT2D eigenvalue weighted by molar-refractivity contribution is 5.94. The zero-order valence-corrected chi connectivity index (χ0v) is 16.0. The summed E-state index contributed by atoms with van der Waals surface area (Å²) < 4.78 is 3.72. The van der Waals surface area contributed by atoms with Crippen molar-refractivity contribution < 1.29 is 4.79 Å². The molecule has 9 nitrogen and oxygen atoms in total. The Hall–Kier alpha value is -3.07. The van der Waals surface area contributed by atoms with Gasteiger partial charge in [0.25, 0.3) is 5.91 Å². The molecule has 1 saturated heterocycles. The van der Waals surface area contributed by atoms with E-state index in [1.165, 1.54) is 0 Å². The molecule has 28 heavy (non-hydrogen) atoms. The topological polar surface area (TPSA) is 85.0 Å². The van der Waals surface area contributed by atoms with Crippen LogP contribution in [0.2, 0.25) is 0 Å². The molecule has 0 radical (unpaired) electrons. The first-order valence-corrected chi connectivity index (χ1v) is 9.58. The molecule has 1 fully saturated rings. The second-order valence-corrected chi connectivity index (χ2v) is 6.83. The van der Waals surface area contributed by atoms with E-state index in [-0.39, 0.29) is 5.91 Å². The normalized spacial score (nSPS) is 15.5. The van der Waals surface area contributed by atoms with E-state index in [1.807, 2.05) is 33.8 Å². The summed E-state index contributed by atoms with van der Waals surface area (Å²) in [4.78, 5) is 21.7. The lowest BCUT2D eigenvalue weighted by Gasteiger charge is -2.22. The Morgan fingerprint density at radius 2 is 1.96 bits per heavy atom. The van der Waals surface area contributed by atoms with Crippen LogP contribution in [0.25, 0.3) is 5.69 Å². The average molecular weight is 380 g/mol. The number of carbonyl (C=O) groups is 1. The average Bonchev–Trinajstić information content (AvgIpc) is 3.36. The second-order valence-electron chi connectivity index (χ2n) is 6.83. The number of hydrogen-bond acceptors (Lipinski definition) is 6. The number of carbonyl (C=O) groups excluding carboxylic acids is 1. The van der Waals surface area contributed by atoms with Crippen LogP contribution in [0.4, 0.5) is 0 Å². The first-order chi connectivity index (χ1) is 13.7. The molecule has 0 saturated carbocycles. The van der Waals surface area contributed by atoms with E-state index < -0.39 is 0 Å². The summed E-state index contributed by atoms with van der Waals surface area (Å²) in [7, 11) is 0. The molecule has 1 aromatic carbocycles. The third kappa shape index (κ3) is 3.94. The number of rotatable bonds is 5. The van der Waals surface area contributed by atoms with E-state index in [0.29, 0.717) is 12.1 Å². The molecule has 0 aliphatic carbocycles. The Kier molecular flexibility index (Phi) is 5.43. The molecular formula is C19H24N8O. The predicted molar refractivity (Wildman–Crippen MR) is 103 cm³/mol. The van der Waals surface area contributed by atoms with Gasteiger partial charge in [0.05, 0.1) is 6.54 Å². The molecule has 0 N–H and O–H groups in total. The molecule has 0 atom stereocenters. The fourth-order valence-electron chi connectivity index (χ4n) is 3.52. The number of benzene rings is 1. The lowest BCUT2D eigenvalue weighted by Crippen LogP contribution is -2.35. The standard InChI is InChI=1S/C19H24N8O/c1-2-27-18(20-13-23-27)12-24-7-4-8-25(10-9-24)19(28)16-5-3-6-17(11-16)26-14-21-22-15-26/h3,5-6,11,13-15H,2,4,7-10,12H2,1H3. The number of aryl methyl sites for hydroxylation is 1.